The average Bonchev–Trinajstić information content (AvgIpc) is 2.00. The summed E-state index contributed by atoms with van der Waals surface area (Å²) in [6, 6.07) is 0. The molecule has 0 heterocycles. The lowest BCUT2D eigenvalue weighted by Gasteiger charge is -2.14. The number of carboxylic acid groups (broad SMARTS) is 1. The molecule has 0 saturated heterocycles. The maximum atomic E-state index is 11.0. The highest BCUT2D eigenvalue weighted by atomic mass is 16.4. The number of aliphatic hydroxyl groups excluding tert-OH is 1. The Bertz CT molecular complexity index is 176. The van der Waals surface area contributed by atoms with E-state index >= 15 is 0 Å². The SMILES string of the molecule is CC[C@@H](O)[C@H](C)C(=O)CC(=O)O. The molecule has 0 rings (SSSR count). The van der Waals surface area contributed by atoms with Crippen LogP contribution in [0, 0.1) is 5.92 Å². The number of Topliss-reactive ketones (excluding diaryl/α,β-unsaturated/α-hetero) is 1. The summed E-state index contributed by atoms with van der Waals surface area (Å²) in [6.07, 6.45) is -0.762. The molecule has 0 bridgehead atoms. The number of hydrogen-bond acceptors (Lipinski definition) is 3. The van der Waals surface area contributed by atoms with Gasteiger partial charge >= 0.3 is 5.97 Å². The van der Waals surface area contributed by atoms with E-state index in [0.717, 1.165) is 0 Å². The maximum absolute atomic E-state index is 11.0. The van der Waals surface area contributed by atoms with Gasteiger partial charge in [0, 0.05) is 5.92 Å². The number of carboxylic acids is 1. The topological polar surface area (TPSA) is 74.6 Å². The smallest absolute Gasteiger partial charge is 0.310 e. The summed E-state index contributed by atoms with van der Waals surface area (Å²) in [5.41, 5.74) is 0. The van der Waals surface area contributed by atoms with Gasteiger partial charge in [-0.15, -0.1) is 0 Å². The number of aliphatic carboxylic acids is 1. The van der Waals surface area contributed by atoms with Crippen molar-refractivity contribution in [2.45, 2.75) is 32.8 Å². The van der Waals surface area contributed by atoms with Crippen molar-refractivity contribution in [3.63, 3.8) is 0 Å². The normalized spacial score (nSPS) is 15.2. The van der Waals surface area contributed by atoms with Gasteiger partial charge in [0.25, 0.3) is 0 Å². The van der Waals surface area contributed by atoms with Crippen LogP contribution in [0.1, 0.15) is 26.7 Å². The summed E-state index contributed by atoms with van der Waals surface area (Å²) in [4.78, 5) is 21.1. The van der Waals surface area contributed by atoms with Crippen molar-refractivity contribution < 1.29 is 19.8 Å². The third-order valence-electron chi connectivity index (χ3n) is 1.83. The van der Waals surface area contributed by atoms with Crippen LogP contribution in [0.2, 0.25) is 0 Å². The monoisotopic (exact) mass is 174 g/mol. The van der Waals surface area contributed by atoms with E-state index in [9.17, 15) is 14.7 Å². The molecule has 4 nitrogen and oxygen atoms in total. The van der Waals surface area contributed by atoms with E-state index in [1.807, 2.05) is 0 Å². The molecule has 0 radical (unpaired) electrons. The van der Waals surface area contributed by atoms with Gasteiger partial charge < -0.3 is 10.2 Å². The van der Waals surface area contributed by atoms with Crippen molar-refractivity contribution in [1.82, 2.24) is 0 Å². The van der Waals surface area contributed by atoms with Crippen LogP contribution < -0.4 is 0 Å². The molecule has 0 aliphatic heterocycles. The van der Waals surface area contributed by atoms with E-state index in [2.05, 4.69) is 0 Å². The van der Waals surface area contributed by atoms with E-state index in [-0.39, 0.29) is 0 Å². The first kappa shape index (κ1) is 11.1. The third-order valence-corrected chi connectivity index (χ3v) is 1.83. The molecule has 2 N–H and O–H groups in total. The summed E-state index contributed by atoms with van der Waals surface area (Å²) in [5, 5.41) is 17.5. The highest BCUT2D eigenvalue weighted by molar-refractivity contribution is 5.96. The standard InChI is InChI=1S/C8H14O4/c1-3-6(9)5(2)7(10)4-8(11)12/h5-6,9H,3-4H2,1-2H3,(H,11,12)/t5-,6+/m0/s1. The van der Waals surface area contributed by atoms with E-state index in [1.165, 1.54) is 0 Å². The van der Waals surface area contributed by atoms with Gasteiger partial charge in [-0.2, -0.15) is 0 Å². The second kappa shape index (κ2) is 4.87. The quantitative estimate of drug-likeness (QED) is 0.593. The van der Waals surface area contributed by atoms with Gasteiger partial charge in [0.15, 0.2) is 0 Å². The molecule has 0 aliphatic rings. The highest BCUT2D eigenvalue weighted by Gasteiger charge is 2.21. The minimum atomic E-state index is -1.14. The van der Waals surface area contributed by atoms with Gasteiger partial charge in [-0.25, -0.2) is 0 Å². The Labute approximate surface area is 71.2 Å². The molecule has 70 valence electrons. The second-order valence-electron chi connectivity index (χ2n) is 2.80. The summed E-state index contributed by atoms with van der Waals surface area (Å²) in [7, 11) is 0. The molecule has 0 spiro atoms. The lowest BCUT2D eigenvalue weighted by molar-refractivity contribution is -0.141. The average molecular weight is 174 g/mol. The van der Waals surface area contributed by atoms with Crippen molar-refractivity contribution in [1.29, 1.82) is 0 Å². The molecule has 0 aromatic heterocycles. The fourth-order valence-electron chi connectivity index (χ4n) is 0.878. The molecule has 0 aromatic rings. The summed E-state index contributed by atoms with van der Waals surface area (Å²) in [5.74, 6) is -2.14. The fraction of sp³-hybridized carbons (Fsp3) is 0.750. The maximum Gasteiger partial charge on any atom is 0.310 e. The second-order valence-corrected chi connectivity index (χ2v) is 2.80. The van der Waals surface area contributed by atoms with Crippen molar-refractivity contribution in [2.75, 3.05) is 0 Å². The molecule has 2 atom stereocenters. The van der Waals surface area contributed by atoms with Gasteiger partial charge in [-0.1, -0.05) is 13.8 Å². The summed E-state index contributed by atoms with van der Waals surface area (Å²) >= 11 is 0. The zero-order chi connectivity index (χ0) is 9.72. The fourth-order valence-corrected chi connectivity index (χ4v) is 0.878. The van der Waals surface area contributed by atoms with Crippen LogP contribution >= 0.6 is 0 Å². The third kappa shape index (κ3) is 3.48. The van der Waals surface area contributed by atoms with Crippen LogP contribution in [0.3, 0.4) is 0 Å². The Kier molecular flexibility index (Phi) is 4.51. The molecule has 4 heteroatoms. The molecular weight excluding hydrogens is 160 g/mol. The van der Waals surface area contributed by atoms with Gasteiger partial charge in [0.05, 0.1) is 6.10 Å². The van der Waals surface area contributed by atoms with Crippen molar-refractivity contribution >= 4 is 11.8 Å². The number of rotatable bonds is 5. The first-order valence-electron chi connectivity index (χ1n) is 3.91. The Morgan fingerprint density at radius 1 is 1.42 bits per heavy atom. The molecule has 0 saturated carbocycles. The van der Waals surface area contributed by atoms with Gasteiger partial charge in [0.1, 0.15) is 12.2 Å². The number of carbonyl (C=O) groups excluding carboxylic acids is 1. The van der Waals surface area contributed by atoms with Gasteiger partial charge in [-0.3, -0.25) is 9.59 Å². The minimum Gasteiger partial charge on any atom is -0.481 e. The van der Waals surface area contributed by atoms with Crippen LogP contribution in [0.5, 0.6) is 0 Å². The predicted molar refractivity (Wildman–Crippen MR) is 42.7 cm³/mol. The molecule has 12 heavy (non-hydrogen) atoms. The lowest BCUT2D eigenvalue weighted by Crippen LogP contribution is -2.26. The zero-order valence-electron chi connectivity index (χ0n) is 7.28. The number of ketones is 1. The minimum absolute atomic E-state index is 0.420. The molecule has 0 aromatic carbocycles. The van der Waals surface area contributed by atoms with E-state index in [0.29, 0.717) is 6.42 Å². The van der Waals surface area contributed by atoms with Gasteiger partial charge in [-0.05, 0) is 6.42 Å². The summed E-state index contributed by atoms with van der Waals surface area (Å²) < 4.78 is 0. The zero-order valence-corrected chi connectivity index (χ0v) is 7.28. The van der Waals surface area contributed by atoms with Crippen molar-refractivity contribution in [3.05, 3.63) is 0 Å². The Hall–Kier alpha value is -0.900. The first-order chi connectivity index (χ1) is 5.49. The largest absolute Gasteiger partial charge is 0.481 e. The number of aliphatic hydroxyl groups is 1. The van der Waals surface area contributed by atoms with E-state index in [4.69, 9.17) is 5.11 Å². The van der Waals surface area contributed by atoms with Crippen molar-refractivity contribution in [2.24, 2.45) is 5.92 Å². The van der Waals surface area contributed by atoms with Crippen LogP contribution in [0.25, 0.3) is 0 Å². The van der Waals surface area contributed by atoms with Crippen LogP contribution in [0.4, 0.5) is 0 Å². The first-order valence-corrected chi connectivity index (χ1v) is 3.91. The van der Waals surface area contributed by atoms with E-state index < -0.39 is 30.2 Å². The Morgan fingerprint density at radius 2 is 1.92 bits per heavy atom. The molecule has 0 aliphatic carbocycles. The van der Waals surface area contributed by atoms with Gasteiger partial charge in [0.2, 0.25) is 0 Å². The Morgan fingerprint density at radius 3 is 2.25 bits per heavy atom. The summed E-state index contributed by atoms with van der Waals surface area (Å²) in [6.45, 7) is 3.29. The lowest BCUT2D eigenvalue weighted by atomic mass is 9.96. The van der Waals surface area contributed by atoms with E-state index in [1.54, 1.807) is 13.8 Å². The Balaban J connectivity index is 4.01. The van der Waals surface area contributed by atoms with Crippen molar-refractivity contribution in [3.8, 4) is 0 Å². The van der Waals surface area contributed by atoms with Crippen LogP contribution in [-0.4, -0.2) is 28.1 Å². The van der Waals surface area contributed by atoms with Crippen LogP contribution in [0.15, 0.2) is 0 Å². The molecule has 0 fully saturated rings. The number of carbonyl (C=O) groups is 2. The predicted octanol–water partition coefficient (Wildman–Crippen LogP) is 0.437. The molecule has 0 amide bonds. The molecular formula is C8H14O4. The van der Waals surface area contributed by atoms with Crippen LogP contribution in [-0.2, 0) is 9.59 Å². The molecule has 0 unspecified atom stereocenters. The number of hydrogen-bond donors (Lipinski definition) is 2. The highest BCUT2D eigenvalue weighted by Crippen LogP contribution is 2.09.